The van der Waals surface area contributed by atoms with Crippen LogP contribution in [-0.2, 0) is 6.42 Å². The monoisotopic (exact) mass is 316 g/mol. The first-order valence-corrected chi connectivity index (χ1v) is 7.64. The largest absolute Gasteiger partial charge is 0.205 e. The van der Waals surface area contributed by atoms with Gasteiger partial charge in [-0.25, -0.2) is 8.78 Å². The fourth-order valence-electron chi connectivity index (χ4n) is 2.64. The average molecular weight is 317 g/mol. The number of benzene rings is 3. The summed E-state index contributed by atoms with van der Waals surface area (Å²) >= 11 is 5.53. The summed E-state index contributed by atoms with van der Waals surface area (Å²) in [4.78, 5) is 0. The maximum absolute atomic E-state index is 13.6. The zero-order valence-electron chi connectivity index (χ0n) is 12.2. The second kappa shape index (κ2) is 6.05. The Morgan fingerprint density at radius 2 is 1.45 bits per heavy atom. The molecule has 0 saturated carbocycles. The lowest BCUT2D eigenvalue weighted by Gasteiger charge is -2.07. The smallest absolute Gasteiger partial charge is 0.145 e. The molecule has 0 spiro atoms. The van der Waals surface area contributed by atoms with Crippen molar-refractivity contribution in [2.24, 2.45) is 0 Å². The molecule has 0 atom stereocenters. The quantitative estimate of drug-likeness (QED) is 0.491. The van der Waals surface area contributed by atoms with Gasteiger partial charge in [0, 0.05) is 0 Å². The van der Waals surface area contributed by atoms with E-state index in [1.807, 2.05) is 24.3 Å². The molecule has 22 heavy (non-hydrogen) atoms. The van der Waals surface area contributed by atoms with Gasteiger partial charge in [-0.2, -0.15) is 0 Å². The number of fused-ring (bicyclic) bond motifs is 1. The number of rotatable bonds is 3. The molecule has 3 aromatic rings. The molecular weight excluding hydrogens is 302 g/mol. The Morgan fingerprint density at radius 3 is 2.14 bits per heavy atom. The molecule has 0 radical (unpaired) electrons. The molecule has 3 aromatic carbocycles. The second-order valence-electron chi connectivity index (χ2n) is 5.40. The third kappa shape index (κ3) is 2.84. The van der Waals surface area contributed by atoms with Crippen molar-refractivity contribution in [2.45, 2.75) is 19.8 Å². The van der Waals surface area contributed by atoms with Crippen LogP contribution in [0.4, 0.5) is 8.78 Å². The maximum atomic E-state index is 13.6. The summed E-state index contributed by atoms with van der Waals surface area (Å²) in [6.45, 7) is 2.15. The first-order valence-electron chi connectivity index (χ1n) is 7.26. The van der Waals surface area contributed by atoms with E-state index in [0.717, 1.165) is 29.2 Å². The van der Waals surface area contributed by atoms with E-state index in [4.69, 9.17) is 11.6 Å². The van der Waals surface area contributed by atoms with Crippen LogP contribution in [0.1, 0.15) is 18.9 Å². The summed E-state index contributed by atoms with van der Waals surface area (Å²) in [5, 5.41) is 1.71. The Morgan fingerprint density at radius 1 is 0.818 bits per heavy atom. The Bertz CT molecular complexity index is 817. The van der Waals surface area contributed by atoms with Crippen molar-refractivity contribution in [3.05, 3.63) is 70.8 Å². The van der Waals surface area contributed by atoms with E-state index < -0.39 is 16.7 Å². The molecule has 0 aromatic heterocycles. The third-order valence-electron chi connectivity index (χ3n) is 3.76. The number of halogens is 3. The molecule has 112 valence electrons. The van der Waals surface area contributed by atoms with Gasteiger partial charge in [-0.3, -0.25) is 0 Å². The van der Waals surface area contributed by atoms with E-state index in [0.29, 0.717) is 5.56 Å². The molecule has 0 unspecified atom stereocenters. The van der Waals surface area contributed by atoms with E-state index in [1.54, 1.807) is 0 Å². The fourth-order valence-corrected chi connectivity index (χ4v) is 2.75. The summed E-state index contributed by atoms with van der Waals surface area (Å²) in [7, 11) is 0. The number of aryl methyl sites for hydroxylation is 1. The molecule has 3 heteroatoms. The van der Waals surface area contributed by atoms with Crippen molar-refractivity contribution >= 4 is 22.4 Å². The lowest BCUT2D eigenvalue weighted by Crippen LogP contribution is -1.88. The second-order valence-corrected chi connectivity index (χ2v) is 5.78. The lowest BCUT2D eigenvalue weighted by atomic mass is 9.99. The van der Waals surface area contributed by atoms with Crippen LogP contribution in [0, 0.1) is 11.6 Å². The highest BCUT2D eigenvalue weighted by Gasteiger charge is 2.10. The molecule has 0 bridgehead atoms. The SMILES string of the molecule is CCCc1ccc2cc(-c3cc(F)c(Cl)c(F)c3)ccc2c1. The number of hydrogen-bond donors (Lipinski definition) is 0. The van der Waals surface area contributed by atoms with Crippen molar-refractivity contribution < 1.29 is 8.78 Å². The van der Waals surface area contributed by atoms with Crippen molar-refractivity contribution in [2.75, 3.05) is 0 Å². The fraction of sp³-hybridized carbons (Fsp3) is 0.158. The molecule has 0 aliphatic carbocycles. The van der Waals surface area contributed by atoms with Crippen LogP contribution < -0.4 is 0 Å². The topological polar surface area (TPSA) is 0 Å². The highest BCUT2D eigenvalue weighted by atomic mass is 35.5. The van der Waals surface area contributed by atoms with Gasteiger partial charge >= 0.3 is 0 Å². The van der Waals surface area contributed by atoms with Gasteiger partial charge in [0.25, 0.3) is 0 Å². The van der Waals surface area contributed by atoms with Gasteiger partial charge in [0.05, 0.1) is 0 Å². The van der Waals surface area contributed by atoms with Crippen molar-refractivity contribution in [3.63, 3.8) is 0 Å². The molecule has 3 rings (SSSR count). The Balaban J connectivity index is 2.07. The molecule has 0 heterocycles. The molecule has 0 fully saturated rings. The zero-order valence-corrected chi connectivity index (χ0v) is 12.9. The first kappa shape index (κ1) is 15.0. The van der Waals surface area contributed by atoms with Gasteiger partial charge in [0.15, 0.2) is 0 Å². The van der Waals surface area contributed by atoms with Crippen molar-refractivity contribution in [1.82, 2.24) is 0 Å². The standard InChI is InChI=1S/C19H15ClF2/c1-2-3-12-4-5-14-9-15(7-6-13(14)8-12)16-10-17(21)19(20)18(22)11-16/h4-11H,2-3H2,1H3. The molecule has 0 aliphatic rings. The van der Waals surface area contributed by atoms with E-state index in [9.17, 15) is 8.78 Å². The van der Waals surface area contributed by atoms with E-state index in [1.165, 1.54) is 17.7 Å². The minimum absolute atomic E-state index is 0.464. The highest BCUT2D eigenvalue weighted by molar-refractivity contribution is 6.31. The molecule has 0 saturated heterocycles. The molecule has 0 amide bonds. The predicted octanol–water partition coefficient (Wildman–Crippen LogP) is 6.39. The normalized spacial score (nSPS) is 11.1. The summed E-state index contributed by atoms with van der Waals surface area (Å²) in [5.41, 5.74) is 2.55. The van der Waals surface area contributed by atoms with E-state index in [2.05, 4.69) is 19.1 Å². The summed E-state index contributed by atoms with van der Waals surface area (Å²) < 4.78 is 27.2. The van der Waals surface area contributed by atoms with Crippen molar-refractivity contribution in [3.8, 4) is 11.1 Å². The lowest BCUT2D eigenvalue weighted by molar-refractivity contribution is 0.585. The van der Waals surface area contributed by atoms with Crippen LogP contribution in [0.2, 0.25) is 5.02 Å². The summed E-state index contributed by atoms with van der Waals surface area (Å²) in [5.74, 6) is -1.48. The third-order valence-corrected chi connectivity index (χ3v) is 4.12. The van der Waals surface area contributed by atoms with Gasteiger partial charge in [-0.05, 0) is 52.1 Å². The summed E-state index contributed by atoms with van der Waals surface area (Å²) in [6.07, 6.45) is 2.15. The average Bonchev–Trinajstić information content (AvgIpc) is 2.52. The minimum Gasteiger partial charge on any atom is -0.205 e. The molecule has 0 nitrogen and oxygen atoms in total. The van der Waals surface area contributed by atoms with Gasteiger partial charge in [-0.15, -0.1) is 0 Å². The molecular formula is C19H15ClF2. The van der Waals surface area contributed by atoms with Crippen LogP contribution in [-0.4, -0.2) is 0 Å². The van der Waals surface area contributed by atoms with Crippen LogP contribution >= 0.6 is 11.6 Å². The Labute approximate surface area is 133 Å². The maximum Gasteiger partial charge on any atom is 0.145 e. The van der Waals surface area contributed by atoms with Crippen LogP contribution in [0.25, 0.3) is 21.9 Å². The van der Waals surface area contributed by atoms with Crippen molar-refractivity contribution in [1.29, 1.82) is 0 Å². The van der Waals surface area contributed by atoms with E-state index >= 15 is 0 Å². The number of hydrogen-bond acceptors (Lipinski definition) is 0. The van der Waals surface area contributed by atoms with Crippen LogP contribution in [0.5, 0.6) is 0 Å². The zero-order chi connectivity index (χ0) is 15.7. The van der Waals surface area contributed by atoms with Gasteiger partial charge < -0.3 is 0 Å². The first-order chi connectivity index (χ1) is 10.6. The van der Waals surface area contributed by atoms with Gasteiger partial charge in [0.2, 0.25) is 0 Å². The highest BCUT2D eigenvalue weighted by Crippen LogP contribution is 2.29. The minimum atomic E-state index is -0.741. The molecule has 0 N–H and O–H groups in total. The van der Waals surface area contributed by atoms with Crippen LogP contribution in [0.15, 0.2) is 48.5 Å². The van der Waals surface area contributed by atoms with Gasteiger partial charge in [0.1, 0.15) is 16.7 Å². The van der Waals surface area contributed by atoms with Crippen LogP contribution in [0.3, 0.4) is 0 Å². The summed E-state index contributed by atoms with van der Waals surface area (Å²) in [6, 6.07) is 14.6. The Hall–Kier alpha value is -1.93. The predicted molar refractivity (Wildman–Crippen MR) is 88.3 cm³/mol. The van der Waals surface area contributed by atoms with Gasteiger partial charge in [-0.1, -0.05) is 55.3 Å². The van der Waals surface area contributed by atoms with E-state index in [-0.39, 0.29) is 0 Å². The molecule has 0 aliphatic heterocycles. The Kier molecular flexibility index (Phi) is 4.12.